The zero-order valence-corrected chi connectivity index (χ0v) is 58.7. The Hall–Kier alpha value is -2.91. The highest BCUT2D eigenvalue weighted by molar-refractivity contribution is 5.93. The summed E-state index contributed by atoms with van der Waals surface area (Å²) in [6.45, 7) is 8.66. The molecule has 0 saturated carbocycles. The second-order valence-corrected chi connectivity index (χ2v) is 27.0. The molecule has 0 radical (unpaired) electrons. The van der Waals surface area contributed by atoms with Crippen molar-refractivity contribution in [2.45, 2.75) is 451 Å². The quantitative estimate of drug-likeness (QED) is 0.0329. The second kappa shape index (κ2) is 65.6. The lowest BCUT2D eigenvalue weighted by atomic mass is 10.0. The minimum Gasteiger partial charge on any atom is -0.462 e. The standard InChI is InChI=1S/C78H144O10/c1-5-9-13-17-21-25-29-33-37-41-45-49-53-57-61-65-71(79)84-69-70(85-72(80)66-62-58-54-50-46-42-38-34-30-26-22-18-14-10-6-2)75-76(86-73(81)67-63-59-55-51-47-43-39-35-31-27-23-19-15-11-7-3)77(78(83)88-75)87-74(82)68-64-60-56-52-48-44-40-36-32-28-24-20-16-12-8-4/h70,75H,5-69H2,1-4H3/t70-,75+/m0/s1. The fourth-order valence-electron chi connectivity index (χ4n) is 12.5. The number of ether oxygens (including phenoxy) is 5. The van der Waals surface area contributed by atoms with Crippen LogP contribution in [-0.4, -0.2) is 48.7 Å². The average Bonchev–Trinajstić information content (AvgIpc) is 2.16. The number of cyclic esters (lactones) is 1. The molecule has 88 heavy (non-hydrogen) atoms. The van der Waals surface area contributed by atoms with E-state index in [1.54, 1.807) is 0 Å². The third kappa shape index (κ3) is 53.7. The number of rotatable bonds is 70. The Bertz CT molecular complexity index is 1620. The topological polar surface area (TPSA) is 132 Å². The highest BCUT2D eigenvalue weighted by atomic mass is 16.7. The lowest BCUT2D eigenvalue weighted by Gasteiger charge is -2.24. The molecule has 0 aromatic carbocycles. The number of unbranched alkanes of at least 4 members (excludes halogenated alkanes) is 56. The zero-order valence-electron chi connectivity index (χ0n) is 58.7. The molecule has 10 heteroatoms. The molecule has 0 saturated heterocycles. The highest BCUT2D eigenvalue weighted by Gasteiger charge is 2.46. The first-order valence-electron chi connectivity index (χ1n) is 39.0. The molecule has 1 aliphatic heterocycles. The summed E-state index contributed by atoms with van der Waals surface area (Å²) >= 11 is 0. The Morgan fingerprint density at radius 1 is 0.295 bits per heavy atom. The summed E-state index contributed by atoms with van der Waals surface area (Å²) in [4.78, 5) is 67.9. The summed E-state index contributed by atoms with van der Waals surface area (Å²) in [6, 6.07) is 0. The van der Waals surface area contributed by atoms with Crippen molar-refractivity contribution in [3.8, 4) is 0 Å². The van der Waals surface area contributed by atoms with E-state index >= 15 is 0 Å². The van der Waals surface area contributed by atoms with E-state index in [0.717, 1.165) is 77.0 Å². The van der Waals surface area contributed by atoms with Crippen LogP contribution in [0.25, 0.3) is 0 Å². The summed E-state index contributed by atoms with van der Waals surface area (Å²) in [5.41, 5.74) is 0. The molecule has 1 rings (SSSR count). The van der Waals surface area contributed by atoms with Crippen LogP contribution in [0, 0.1) is 0 Å². The number of carbonyl (C=O) groups is 5. The SMILES string of the molecule is CCCCCCCCCCCCCCCCCC(=O)OC[C@H](OC(=O)CCCCCCCCCCCCCCCCC)[C@H]1OC(=O)C(OC(=O)CCCCCCCCCCCCCCCCC)=C1OC(=O)CCCCCCCCCCCCCCCCC. The first-order valence-corrected chi connectivity index (χ1v) is 39.0. The molecule has 0 aromatic rings. The van der Waals surface area contributed by atoms with E-state index in [1.807, 2.05) is 0 Å². The van der Waals surface area contributed by atoms with Crippen molar-refractivity contribution in [2.75, 3.05) is 6.61 Å². The Kier molecular flexibility index (Phi) is 61.9. The molecule has 1 aliphatic rings. The molecular formula is C78H144O10. The van der Waals surface area contributed by atoms with Gasteiger partial charge in [0, 0.05) is 25.7 Å². The maximum Gasteiger partial charge on any atom is 0.379 e. The fraction of sp³-hybridized carbons (Fsp3) is 0.910. The van der Waals surface area contributed by atoms with Crippen molar-refractivity contribution in [3.63, 3.8) is 0 Å². The van der Waals surface area contributed by atoms with Crippen molar-refractivity contribution in [2.24, 2.45) is 0 Å². The molecule has 1 heterocycles. The van der Waals surface area contributed by atoms with Gasteiger partial charge in [-0.1, -0.05) is 387 Å². The van der Waals surface area contributed by atoms with Gasteiger partial charge >= 0.3 is 29.8 Å². The van der Waals surface area contributed by atoms with Crippen molar-refractivity contribution >= 4 is 29.8 Å². The number of hydrogen-bond acceptors (Lipinski definition) is 10. The Balaban J connectivity index is 2.94. The highest BCUT2D eigenvalue weighted by Crippen LogP contribution is 2.31. The summed E-state index contributed by atoms with van der Waals surface area (Å²) in [7, 11) is 0. The second-order valence-electron chi connectivity index (χ2n) is 27.0. The van der Waals surface area contributed by atoms with Crippen LogP contribution in [0.4, 0.5) is 0 Å². The van der Waals surface area contributed by atoms with Crippen LogP contribution in [0.3, 0.4) is 0 Å². The maximum absolute atomic E-state index is 13.8. The van der Waals surface area contributed by atoms with E-state index in [2.05, 4.69) is 27.7 Å². The average molecular weight is 1240 g/mol. The van der Waals surface area contributed by atoms with E-state index in [-0.39, 0.29) is 31.4 Å². The normalized spacial score (nSPS) is 13.5. The van der Waals surface area contributed by atoms with Crippen LogP contribution < -0.4 is 0 Å². The van der Waals surface area contributed by atoms with Gasteiger partial charge in [-0.05, 0) is 25.7 Å². The fourth-order valence-corrected chi connectivity index (χ4v) is 12.5. The molecule has 516 valence electrons. The molecule has 0 aromatic heterocycles. The molecule has 0 spiro atoms. The van der Waals surface area contributed by atoms with Crippen molar-refractivity contribution in [1.29, 1.82) is 0 Å². The van der Waals surface area contributed by atoms with Gasteiger partial charge in [-0.2, -0.15) is 0 Å². The van der Waals surface area contributed by atoms with Gasteiger partial charge in [0.25, 0.3) is 5.76 Å². The summed E-state index contributed by atoms with van der Waals surface area (Å²) in [6.07, 6.45) is 70.4. The minimum absolute atomic E-state index is 0.0919. The van der Waals surface area contributed by atoms with Crippen LogP contribution >= 0.6 is 0 Å². The Labute approximate surface area is 544 Å². The molecular weight excluding hydrogens is 1100 g/mol. The van der Waals surface area contributed by atoms with Crippen LogP contribution in [-0.2, 0) is 47.7 Å². The molecule has 0 unspecified atom stereocenters. The van der Waals surface area contributed by atoms with E-state index in [9.17, 15) is 24.0 Å². The third-order valence-electron chi connectivity index (χ3n) is 18.3. The van der Waals surface area contributed by atoms with Gasteiger partial charge in [-0.3, -0.25) is 19.2 Å². The largest absolute Gasteiger partial charge is 0.462 e. The van der Waals surface area contributed by atoms with Gasteiger partial charge in [0.2, 0.25) is 11.9 Å². The van der Waals surface area contributed by atoms with Crippen LogP contribution in [0.15, 0.2) is 11.5 Å². The predicted molar refractivity (Wildman–Crippen MR) is 368 cm³/mol. The molecule has 2 atom stereocenters. The van der Waals surface area contributed by atoms with Crippen molar-refractivity contribution in [1.82, 2.24) is 0 Å². The van der Waals surface area contributed by atoms with E-state index in [0.29, 0.717) is 25.7 Å². The van der Waals surface area contributed by atoms with Gasteiger partial charge in [-0.15, -0.1) is 0 Å². The Morgan fingerprint density at radius 2 is 0.511 bits per heavy atom. The third-order valence-corrected chi connectivity index (χ3v) is 18.3. The monoisotopic (exact) mass is 1240 g/mol. The van der Waals surface area contributed by atoms with Crippen molar-refractivity contribution in [3.05, 3.63) is 11.5 Å². The first kappa shape index (κ1) is 83.1. The Morgan fingerprint density at radius 3 is 0.773 bits per heavy atom. The zero-order chi connectivity index (χ0) is 63.7. The molecule has 10 nitrogen and oxygen atoms in total. The van der Waals surface area contributed by atoms with Crippen LogP contribution in [0.2, 0.25) is 0 Å². The number of hydrogen-bond donors (Lipinski definition) is 0. The maximum atomic E-state index is 13.8. The number of carbonyl (C=O) groups excluding carboxylic acids is 5. The van der Waals surface area contributed by atoms with Gasteiger partial charge in [0.1, 0.15) is 6.61 Å². The van der Waals surface area contributed by atoms with E-state index in [1.165, 1.54) is 283 Å². The molecule has 0 aliphatic carbocycles. The summed E-state index contributed by atoms with van der Waals surface area (Å²) < 4.78 is 29.4. The lowest BCUT2D eigenvalue weighted by molar-refractivity contribution is -0.172. The van der Waals surface area contributed by atoms with Gasteiger partial charge < -0.3 is 23.7 Å². The molecule has 0 N–H and O–H groups in total. The molecule has 0 fully saturated rings. The minimum atomic E-state index is -1.44. The van der Waals surface area contributed by atoms with E-state index in [4.69, 9.17) is 23.7 Å². The summed E-state index contributed by atoms with van der Waals surface area (Å²) in [5.74, 6) is -3.91. The molecule has 0 amide bonds. The lowest BCUT2D eigenvalue weighted by Crippen LogP contribution is -2.38. The predicted octanol–water partition coefficient (Wildman–Crippen LogP) is 24.7. The smallest absolute Gasteiger partial charge is 0.379 e. The van der Waals surface area contributed by atoms with Gasteiger partial charge in [-0.25, -0.2) is 4.79 Å². The van der Waals surface area contributed by atoms with Crippen LogP contribution in [0.1, 0.15) is 439 Å². The number of esters is 5. The first-order chi connectivity index (χ1) is 43.3. The summed E-state index contributed by atoms with van der Waals surface area (Å²) in [5, 5.41) is 0. The van der Waals surface area contributed by atoms with Gasteiger partial charge in [0.15, 0.2) is 6.10 Å². The van der Waals surface area contributed by atoms with Crippen LogP contribution in [0.5, 0.6) is 0 Å². The van der Waals surface area contributed by atoms with E-state index < -0.39 is 54.4 Å². The molecule has 0 bridgehead atoms. The van der Waals surface area contributed by atoms with Crippen molar-refractivity contribution < 1.29 is 47.7 Å². The van der Waals surface area contributed by atoms with Gasteiger partial charge in [0.05, 0.1) is 0 Å².